The standard InChI is InChI=1S/C23H18BrN3O/c24-20-9-5-18(6-10-20)12-17-3-7-19(8-4-17)23(28)13-21-2-1-11-27(21)22-14-25-16-26-15-22/h1-11,14-16H,12-13H2. The molecule has 0 amide bonds. The maximum atomic E-state index is 12.8. The molecule has 0 spiro atoms. The summed E-state index contributed by atoms with van der Waals surface area (Å²) < 4.78 is 3.02. The Morgan fingerprint density at radius 2 is 1.54 bits per heavy atom. The van der Waals surface area contributed by atoms with Gasteiger partial charge < -0.3 is 4.57 Å². The lowest BCUT2D eigenvalue weighted by atomic mass is 10.0. The lowest BCUT2D eigenvalue weighted by Crippen LogP contribution is -2.08. The minimum absolute atomic E-state index is 0.0898. The molecule has 4 nitrogen and oxygen atoms in total. The summed E-state index contributed by atoms with van der Waals surface area (Å²) in [4.78, 5) is 20.8. The van der Waals surface area contributed by atoms with Gasteiger partial charge in [-0.15, -0.1) is 0 Å². The first kappa shape index (κ1) is 18.3. The van der Waals surface area contributed by atoms with Crippen molar-refractivity contribution in [3.63, 3.8) is 0 Å². The predicted octanol–water partition coefficient (Wildman–Crippen LogP) is 5.05. The second-order valence-corrected chi connectivity index (χ2v) is 7.48. The largest absolute Gasteiger partial charge is 0.318 e. The molecule has 2 aromatic carbocycles. The highest BCUT2D eigenvalue weighted by Gasteiger charge is 2.11. The van der Waals surface area contributed by atoms with Crippen LogP contribution >= 0.6 is 15.9 Å². The Morgan fingerprint density at radius 1 is 0.893 bits per heavy atom. The Bertz CT molecular complexity index is 1070. The molecule has 2 heterocycles. The van der Waals surface area contributed by atoms with Crippen LogP contribution in [0.2, 0.25) is 0 Å². The summed E-state index contributed by atoms with van der Waals surface area (Å²) in [6.45, 7) is 0. The summed E-state index contributed by atoms with van der Waals surface area (Å²) >= 11 is 3.45. The van der Waals surface area contributed by atoms with Gasteiger partial charge in [-0.25, -0.2) is 9.97 Å². The maximum absolute atomic E-state index is 12.8. The minimum Gasteiger partial charge on any atom is -0.318 e. The zero-order valence-corrected chi connectivity index (χ0v) is 16.7. The Hall–Kier alpha value is -3.05. The molecule has 2 aromatic heterocycles. The van der Waals surface area contributed by atoms with Crippen LogP contribution < -0.4 is 0 Å². The molecule has 0 aliphatic heterocycles. The van der Waals surface area contributed by atoms with Gasteiger partial charge in [0, 0.05) is 21.9 Å². The van der Waals surface area contributed by atoms with Crippen LogP contribution in [0.4, 0.5) is 0 Å². The fourth-order valence-electron chi connectivity index (χ4n) is 3.14. The van der Waals surface area contributed by atoms with Crippen molar-refractivity contribution < 1.29 is 4.79 Å². The van der Waals surface area contributed by atoms with Gasteiger partial charge in [-0.1, -0.05) is 52.3 Å². The van der Waals surface area contributed by atoms with Gasteiger partial charge in [0.1, 0.15) is 6.33 Å². The van der Waals surface area contributed by atoms with Crippen LogP contribution in [0.1, 0.15) is 27.2 Å². The molecular formula is C23H18BrN3O. The zero-order valence-electron chi connectivity index (χ0n) is 15.1. The SMILES string of the molecule is O=C(Cc1cccn1-c1cncnc1)c1ccc(Cc2ccc(Br)cc2)cc1. The fraction of sp³-hybridized carbons (Fsp3) is 0.0870. The number of carbonyl (C=O) groups excluding carboxylic acids is 1. The first-order valence-corrected chi connectivity index (χ1v) is 9.76. The average Bonchev–Trinajstić information content (AvgIpc) is 3.19. The Balaban J connectivity index is 1.46. The van der Waals surface area contributed by atoms with Crippen molar-refractivity contribution in [2.45, 2.75) is 12.8 Å². The zero-order chi connectivity index (χ0) is 19.3. The molecule has 0 aliphatic rings. The van der Waals surface area contributed by atoms with E-state index in [2.05, 4.69) is 38.0 Å². The van der Waals surface area contributed by atoms with Gasteiger partial charge in [-0.2, -0.15) is 0 Å². The first-order valence-electron chi connectivity index (χ1n) is 8.97. The molecular weight excluding hydrogens is 414 g/mol. The molecule has 4 aromatic rings. The highest BCUT2D eigenvalue weighted by Crippen LogP contribution is 2.17. The van der Waals surface area contributed by atoms with Gasteiger partial charge in [0.05, 0.1) is 24.5 Å². The van der Waals surface area contributed by atoms with E-state index in [1.807, 2.05) is 59.3 Å². The monoisotopic (exact) mass is 431 g/mol. The molecule has 28 heavy (non-hydrogen) atoms. The summed E-state index contributed by atoms with van der Waals surface area (Å²) in [7, 11) is 0. The molecule has 5 heteroatoms. The van der Waals surface area contributed by atoms with E-state index in [9.17, 15) is 4.79 Å². The lowest BCUT2D eigenvalue weighted by Gasteiger charge is -2.08. The van der Waals surface area contributed by atoms with Crippen molar-refractivity contribution in [2.24, 2.45) is 0 Å². The minimum atomic E-state index is 0.0898. The molecule has 0 bridgehead atoms. The molecule has 0 fully saturated rings. The number of ketones is 1. The van der Waals surface area contributed by atoms with Crippen LogP contribution in [0.3, 0.4) is 0 Å². The second kappa shape index (κ2) is 8.31. The topological polar surface area (TPSA) is 47.8 Å². The van der Waals surface area contributed by atoms with E-state index >= 15 is 0 Å². The molecule has 0 atom stereocenters. The number of hydrogen-bond acceptors (Lipinski definition) is 3. The molecule has 4 rings (SSSR count). The van der Waals surface area contributed by atoms with Crippen LogP contribution in [-0.2, 0) is 12.8 Å². The molecule has 138 valence electrons. The van der Waals surface area contributed by atoms with Crippen LogP contribution in [0.15, 0.2) is 90.1 Å². The van der Waals surface area contributed by atoms with E-state index in [0.717, 1.165) is 27.8 Å². The molecule has 0 saturated heterocycles. The number of hydrogen-bond donors (Lipinski definition) is 0. The van der Waals surface area contributed by atoms with E-state index in [4.69, 9.17) is 0 Å². The third kappa shape index (κ3) is 4.26. The average molecular weight is 432 g/mol. The van der Waals surface area contributed by atoms with E-state index in [1.165, 1.54) is 17.5 Å². The lowest BCUT2D eigenvalue weighted by molar-refractivity contribution is 0.0991. The van der Waals surface area contributed by atoms with Crippen molar-refractivity contribution in [3.05, 3.63) is 112 Å². The number of benzene rings is 2. The van der Waals surface area contributed by atoms with Crippen molar-refractivity contribution in [2.75, 3.05) is 0 Å². The highest BCUT2D eigenvalue weighted by atomic mass is 79.9. The van der Waals surface area contributed by atoms with Crippen LogP contribution in [0.25, 0.3) is 5.69 Å². The maximum Gasteiger partial charge on any atom is 0.168 e. The third-order valence-corrected chi connectivity index (χ3v) is 5.13. The van der Waals surface area contributed by atoms with Gasteiger partial charge in [-0.3, -0.25) is 4.79 Å². The molecule has 0 unspecified atom stereocenters. The quantitative estimate of drug-likeness (QED) is 0.401. The number of Topliss-reactive ketones (excluding diaryl/α,β-unsaturated/α-hetero) is 1. The second-order valence-electron chi connectivity index (χ2n) is 6.57. The number of rotatable bonds is 6. The van der Waals surface area contributed by atoms with Crippen LogP contribution in [-0.4, -0.2) is 20.3 Å². The van der Waals surface area contributed by atoms with E-state index in [1.54, 1.807) is 12.4 Å². The van der Waals surface area contributed by atoms with Gasteiger partial charge in [-0.05, 0) is 41.8 Å². The van der Waals surface area contributed by atoms with Gasteiger partial charge in [0.15, 0.2) is 5.78 Å². The van der Waals surface area contributed by atoms with Crippen LogP contribution in [0.5, 0.6) is 0 Å². The number of carbonyl (C=O) groups is 1. The Kier molecular flexibility index (Phi) is 5.44. The smallest absolute Gasteiger partial charge is 0.168 e. The Labute approximate surface area is 172 Å². The molecule has 0 saturated carbocycles. The highest BCUT2D eigenvalue weighted by molar-refractivity contribution is 9.10. The normalized spacial score (nSPS) is 10.8. The fourth-order valence-corrected chi connectivity index (χ4v) is 3.41. The first-order chi connectivity index (χ1) is 13.7. The molecule has 0 N–H and O–H groups in total. The van der Waals surface area contributed by atoms with Gasteiger partial charge in [0.25, 0.3) is 0 Å². The molecule has 0 aliphatic carbocycles. The summed E-state index contributed by atoms with van der Waals surface area (Å²) in [5.41, 5.74) is 4.91. The predicted molar refractivity (Wildman–Crippen MR) is 113 cm³/mol. The van der Waals surface area contributed by atoms with Crippen molar-refractivity contribution in [3.8, 4) is 5.69 Å². The van der Waals surface area contributed by atoms with E-state index in [-0.39, 0.29) is 5.78 Å². The summed E-state index contributed by atoms with van der Waals surface area (Å²) in [5, 5.41) is 0. The van der Waals surface area contributed by atoms with Gasteiger partial charge in [0.2, 0.25) is 0 Å². The number of halogens is 1. The van der Waals surface area contributed by atoms with Crippen LogP contribution in [0, 0.1) is 0 Å². The Morgan fingerprint density at radius 3 is 2.21 bits per heavy atom. The third-order valence-electron chi connectivity index (χ3n) is 4.60. The van der Waals surface area contributed by atoms with E-state index in [0.29, 0.717) is 6.42 Å². The van der Waals surface area contributed by atoms with Gasteiger partial charge >= 0.3 is 0 Å². The summed E-state index contributed by atoms with van der Waals surface area (Å²) in [6.07, 6.45) is 8.05. The van der Waals surface area contributed by atoms with Crippen molar-refractivity contribution in [1.29, 1.82) is 0 Å². The van der Waals surface area contributed by atoms with Crippen molar-refractivity contribution >= 4 is 21.7 Å². The summed E-state index contributed by atoms with van der Waals surface area (Å²) in [5.74, 6) is 0.0898. The summed E-state index contributed by atoms with van der Waals surface area (Å²) in [6, 6.07) is 20.0. The molecule has 0 radical (unpaired) electrons. The van der Waals surface area contributed by atoms with E-state index < -0.39 is 0 Å². The number of aromatic nitrogens is 3. The van der Waals surface area contributed by atoms with Crippen molar-refractivity contribution in [1.82, 2.24) is 14.5 Å². The number of nitrogens with zero attached hydrogens (tertiary/aromatic N) is 3.